The highest BCUT2D eigenvalue weighted by atomic mass is 31.2. The third-order valence-electron chi connectivity index (χ3n) is 4.02. The lowest BCUT2D eigenvalue weighted by Gasteiger charge is -2.49. The SMILES string of the molecule is CCO[P+]([O-])(OCC)C(N(OC(C)c1cccc[nH+]1)C(C)(C)C)C(C)(C)C. The molecule has 2 unspecified atom stereocenters. The molecule has 0 amide bonds. The molecule has 0 bridgehead atoms. The Hall–Kier alpha value is -0.620. The largest absolute Gasteiger partial charge is 0.630 e. The number of nitrogens with one attached hydrogen (secondary N) is 1. The molecule has 156 valence electrons. The summed E-state index contributed by atoms with van der Waals surface area (Å²) in [7, 11) is -3.46. The van der Waals surface area contributed by atoms with E-state index in [2.05, 4.69) is 4.98 Å². The van der Waals surface area contributed by atoms with Crippen molar-refractivity contribution in [3.05, 3.63) is 30.1 Å². The van der Waals surface area contributed by atoms with Gasteiger partial charge in [-0.2, -0.15) is 0 Å². The molecule has 0 aliphatic rings. The predicted octanol–water partition coefficient (Wildman–Crippen LogP) is 4.16. The molecule has 1 aromatic heterocycles. The number of hydrogen-bond donors (Lipinski definition) is 0. The van der Waals surface area contributed by atoms with E-state index in [9.17, 15) is 4.89 Å². The predicted molar refractivity (Wildman–Crippen MR) is 108 cm³/mol. The summed E-state index contributed by atoms with van der Waals surface area (Å²) in [5.74, 6) is -0.573. The number of aromatic amines is 1. The van der Waals surface area contributed by atoms with Crippen LogP contribution in [0.25, 0.3) is 0 Å². The van der Waals surface area contributed by atoms with Gasteiger partial charge in [-0.25, -0.2) is 14.0 Å². The summed E-state index contributed by atoms with van der Waals surface area (Å²) >= 11 is 0. The Morgan fingerprint density at radius 2 is 1.63 bits per heavy atom. The molecule has 27 heavy (non-hydrogen) atoms. The average molecular weight is 402 g/mol. The zero-order valence-electron chi connectivity index (χ0n) is 18.4. The number of rotatable bonds is 9. The van der Waals surface area contributed by atoms with E-state index in [1.54, 1.807) is 0 Å². The molecule has 0 saturated carbocycles. The summed E-state index contributed by atoms with van der Waals surface area (Å²) in [5.41, 5.74) is 0.0973. The number of hydrogen-bond acceptors (Lipinski definition) is 5. The van der Waals surface area contributed by atoms with E-state index in [4.69, 9.17) is 13.9 Å². The Labute approximate surface area is 165 Å². The van der Waals surface area contributed by atoms with Crippen LogP contribution < -0.4 is 9.88 Å². The lowest BCUT2D eigenvalue weighted by Crippen LogP contribution is -2.56. The molecule has 0 aliphatic heterocycles. The molecule has 0 aromatic carbocycles. The van der Waals surface area contributed by atoms with Crippen molar-refractivity contribution in [1.82, 2.24) is 5.06 Å². The maximum atomic E-state index is 13.8. The first-order chi connectivity index (χ1) is 12.4. The minimum atomic E-state index is -3.46. The Kier molecular flexibility index (Phi) is 8.80. The molecule has 1 rings (SSSR count). The molecule has 1 aromatic rings. The quantitative estimate of drug-likeness (QED) is 0.459. The van der Waals surface area contributed by atoms with E-state index >= 15 is 0 Å². The Morgan fingerprint density at radius 3 is 2.00 bits per heavy atom. The number of pyridine rings is 1. The zero-order chi connectivity index (χ0) is 20.9. The summed E-state index contributed by atoms with van der Waals surface area (Å²) in [6.45, 7) is 18.5. The molecule has 1 heterocycles. The van der Waals surface area contributed by atoms with Crippen LogP contribution in [0.2, 0.25) is 0 Å². The lowest BCUT2D eigenvalue weighted by atomic mass is 9.94. The van der Waals surface area contributed by atoms with Crippen LogP contribution >= 0.6 is 7.94 Å². The van der Waals surface area contributed by atoms with Crippen molar-refractivity contribution in [2.24, 2.45) is 5.41 Å². The summed E-state index contributed by atoms with van der Waals surface area (Å²) in [6, 6.07) is 5.86. The second-order valence-electron chi connectivity index (χ2n) is 8.68. The minimum Gasteiger partial charge on any atom is -0.630 e. The molecule has 0 saturated heterocycles. The molecule has 1 N–H and O–H groups in total. The maximum Gasteiger partial charge on any atom is 0.257 e. The molecule has 0 aliphatic carbocycles. The average Bonchev–Trinajstić information content (AvgIpc) is 2.53. The van der Waals surface area contributed by atoms with E-state index in [0.717, 1.165) is 5.69 Å². The van der Waals surface area contributed by atoms with Crippen LogP contribution in [0.5, 0.6) is 0 Å². The Bertz CT molecular complexity index is 551. The number of hydroxylamine groups is 2. The van der Waals surface area contributed by atoms with Crippen LogP contribution in [0.15, 0.2) is 24.4 Å². The van der Waals surface area contributed by atoms with E-state index in [0.29, 0.717) is 13.2 Å². The minimum absolute atomic E-state index is 0.257. The van der Waals surface area contributed by atoms with Gasteiger partial charge in [0.25, 0.3) is 7.94 Å². The first-order valence-corrected chi connectivity index (χ1v) is 11.3. The highest BCUT2D eigenvalue weighted by Crippen LogP contribution is 2.64. The first kappa shape index (κ1) is 24.4. The van der Waals surface area contributed by atoms with E-state index < -0.39 is 24.7 Å². The fourth-order valence-corrected chi connectivity index (χ4v) is 5.65. The van der Waals surface area contributed by atoms with Gasteiger partial charge in [0.1, 0.15) is 0 Å². The highest BCUT2D eigenvalue weighted by molar-refractivity contribution is 7.59. The standard InChI is InChI=1S/C20H37N2O4P/c1-10-24-27(23,25-11-2)18(19(4,5)6)22(20(7,8)9)26-16(3)17-14-12-13-15-21-17/h12-16,18H,10-11H2,1-9H3/p+1. The zero-order valence-corrected chi connectivity index (χ0v) is 19.3. The summed E-state index contributed by atoms with van der Waals surface area (Å²) in [5, 5.41) is 1.81. The van der Waals surface area contributed by atoms with Crippen molar-refractivity contribution in [3.8, 4) is 0 Å². The van der Waals surface area contributed by atoms with Gasteiger partial charge in [-0.15, -0.1) is 5.06 Å². The fraction of sp³-hybridized carbons (Fsp3) is 0.750. The van der Waals surface area contributed by atoms with Gasteiger partial charge in [-0.1, -0.05) is 26.8 Å². The fourth-order valence-electron chi connectivity index (χ4n) is 2.96. The van der Waals surface area contributed by atoms with Gasteiger partial charge in [0.2, 0.25) is 5.69 Å². The molecule has 0 fully saturated rings. The van der Waals surface area contributed by atoms with Crippen molar-refractivity contribution in [3.63, 3.8) is 0 Å². The van der Waals surface area contributed by atoms with Gasteiger partial charge in [-0.3, -0.25) is 4.84 Å². The van der Waals surface area contributed by atoms with Gasteiger partial charge in [0.05, 0.1) is 13.2 Å². The van der Waals surface area contributed by atoms with Crippen LogP contribution in [0.1, 0.15) is 74.1 Å². The van der Waals surface area contributed by atoms with E-state index in [-0.39, 0.29) is 6.10 Å². The molecular weight excluding hydrogens is 363 g/mol. The molecule has 0 spiro atoms. The normalized spacial score (nSPS) is 15.8. The maximum absolute atomic E-state index is 13.8. The van der Waals surface area contributed by atoms with Crippen LogP contribution in [0.4, 0.5) is 0 Å². The van der Waals surface area contributed by atoms with Crippen molar-refractivity contribution < 1.29 is 23.8 Å². The van der Waals surface area contributed by atoms with E-state index in [1.165, 1.54) is 0 Å². The summed E-state index contributed by atoms with van der Waals surface area (Å²) in [4.78, 5) is 23.4. The number of nitrogens with zero attached hydrogens (tertiary/aromatic N) is 1. The second-order valence-corrected chi connectivity index (χ2v) is 10.8. The van der Waals surface area contributed by atoms with Gasteiger partial charge >= 0.3 is 0 Å². The van der Waals surface area contributed by atoms with Crippen molar-refractivity contribution >= 4 is 7.94 Å². The molecule has 7 heteroatoms. The summed E-state index contributed by atoms with van der Waals surface area (Å²) < 4.78 is 11.5. The molecular formula is C20H38N2O4P+. The third-order valence-corrected chi connectivity index (χ3v) is 6.84. The molecule has 2 atom stereocenters. The second kappa shape index (κ2) is 9.73. The highest BCUT2D eigenvalue weighted by Gasteiger charge is 2.55. The van der Waals surface area contributed by atoms with Crippen molar-refractivity contribution in [1.29, 1.82) is 0 Å². The Balaban J connectivity index is 3.36. The first-order valence-electron chi connectivity index (χ1n) is 9.68. The molecule has 6 nitrogen and oxygen atoms in total. The van der Waals surface area contributed by atoms with Crippen LogP contribution in [0, 0.1) is 5.41 Å². The number of H-pyrrole nitrogens is 1. The summed E-state index contributed by atoms with van der Waals surface area (Å²) in [6.07, 6.45) is 1.61. The lowest BCUT2D eigenvalue weighted by molar-refractivity contribution is -0.411. The molecule has 0 radical (unpaired) electrons. The van der Waals surface area contributed by atoms with Gasteiger partial charge in [-0.05, 0) is 41.5 Å². The monoisotopic (exact) mass is 401 g/mol. The van der Waals surface area contributed by atoms with Crippen LogP contribution in [-0.4, -0.2) is 29.6 Å². The smallest absolute Gasteiger partial charge is 0.257 e. The van der Waals surface area contributed by atoms with Gasteiger partial charge in [0.15, 0.2) is 18.1 Å². The van der Waals surface area contributed by atoms with Gasteiger partial charge in [0, 0.05) is 23.1 Å². The topological polar surface area (TPSA) is 68.1 Å². The number of aromatic nitrogens is 1. The Morgan fingerprint density at radius 1 is 1.07 bits per heavy atom. The van der Waals surface area contributed by atoms with Crippen LogP contribution in [-0.2, 0) is 13.9 Å². The van der Waals surface area contributed by atoms with E-state index in [1.807, 2.05) is 91.8 Å². The van der Waals surface area contributed by atoms with Crippen molar-refractivity contribution in [2.75, 3.05) is 13.2 Å². The van der Waals surface area contributed by atoms with Gasteiger partial charge < -0.3 is 4.89 Å². The van der Waals surface area contributed by atoms with Crippen LogP contribution in [0.3, 0.4) is 0 Å². The third kappa shape index (κ3) is 6.74. The van der Waals surface area contributed by atoms with Crippen molar-refractivity contribution in [2.45, 2.75) is 79.7 Å².